The van der Waals surface area contributed by atoms with Crippen molar-refractivity contribution in [1.29, 1.82) is 0 Å². The molecule has 2 aromatic heterocycles. The Morgan fingerprint density at radius 3 is 3.10 bits per heavy atom. The predicted molar refractivity (Wildman–Crippen MR) is 75.1 cm³/mol. The Morgan fingerprint density at radius 2 is 2.35 bits per heavy atom. The van der Waals surface area contributed by atoms with Gasteiger partial charge in [-0.3, -0.25) is 9.89 Å². The Balaban J connectivity index is 1.87. The minimum absolute atomic E-state index is 0.223. The van der Waals surface area contributed by atoms with Crippen molar-refractivity contribution in [2.24, 2.45) is 7.05 Å². The molecule has 20 heavy (non-hydrogen) atoms. The zero-order valence-corrected chi connectivity index (χ0v) is 11.8. The predicted octanol–water partition coefficient (Wildman–Crippen LogP) is 0.936. The van der Waals surface area contributed by atoms with Gasteiger partial charge in [-0.15, -0.1) is 0 Å². The van der Waals surface area contributed by atoms with Crippen LogP contribution in [-0.2, 0) is 7.05 Å². The van der Waals surface area contributed by atoms with E-state index in [0.29, 0.717) is 5.69 Å². The summed E-state index contributed by atoms with van der Waals surface area (Å²) in [4.78, 5) is 18.2. The average molecular weight is 295 g/mol. The summed E-state index contributed by atoms with van der Waals surface area (Å²) in [5.41, 5.74) is 0.421. The topological polar surface area (TPSA) is 79.7 Å². The molecule has 0 saturated carbocycles. The van der Waals surface area contributed by atoms with Gasteiger partial charge in [0.1, 0.15) is 17.2 Å². The smallest absolute Gasteiger partial charge is 0.287 e. The summed E-state index contributed by atoms with van der Waals surface area (Å²) in [7, 11) is 1.59. The molecule has 7 nitrogen and oxygen atoms in total. The van der Waals surface area contributed by atoms with E-state index >= 15 is 0 Å². The lowest BCUT2D eigenvalue weighted by atomic mass is 9.97. The largest absolute Gasteiger partial charge is 0.368 e. The van der Waals surface area contributed by atoms with Gasteiger partial charge in [-0.2, -0.15) is 10.2 Å². The number of nitrogens with one attached hydrogen (secondary N) is 1. The molecule has 1 saturated heterocycles. The number of nitrogens with zero attached hydrogens (tertiary/aromatic N) is 5. The molecule has 0 aliphatic carbocycles. The highest BCUT2D eigenvalue weighted by molar-refractivity contribution is 6.33. The molecule has 2 aromatic rings. The molecule has 0 unspecified atom stereocenters. The molecule has 8 heteroatoms. The number of aryl methyl sites for hydroxylation is 1. The third kappa shape index (κ3) is 2.29. The highest BCUT2D eigenvalue weighted by Crippen LogP contribution is 2.30. The molecule has 1 fully saturated rings. The van der Waals surface area contributed by atoms with E-state index in [9.17, 15) is 4.79 Å². The first-order chi connectivity index (χ1) is 9.66. The molecule has 0 amide bonds. The number of aromatic amines is 1. The van der Waals surface area contributed by atoms with Crippen LogP contribution >= 0.6 is 11.6 Å². The molecule has 3 heterocycles. The molecule has 0 radical (unpaired) electrons. The Kier molecular flexibility index (Phi) is 3.43. The zero-order valence-electron chi connectivity index (χ0n) is 11.1. The van der Waals surface area contributed by atoms with Crippen molar-refractivity contribution in [2.45, 2.75) is 18.8 Å². The molecule has 0 bridgehead atoms. The fourth-order valence-corrected chi connectivity index (χ4v) is 2.84. The Bertz CT molecular complexity index is 652. The van der Waals surface area contributed by atoms with Gasteiger partial charge >= 0.3 is 0 Å². The second kappa shape index (κ2) is 5.24. The maximum Gasteiger partial charge on any atom is 0.287 e. The highest BCUT2D eigenvalue weighted by Gasteiger charge is 2.25. The summed E-state index contributed by atoms with van der Waals surface area (Å²) in [5.74, 6) is 1.15. The van der Waals surface area contributed by atoms with Crippen molar-refractivity contribution < 1.29 is 0 Å². The molecule has 1 aliphatic heterocycles. The van der Waals surface area contributed by atoms with Gasteiger partial charge in [-0.25, -0.2) is 9.67 Å². The lowest BCUT2D eigenvalue weighted by molar-refractivity contribution is 0.491. The molecule has 106 valence electrons. The van der Waals surface area contributed by atoms with Crippen LogP contribution in [-0.4, -0.2) is 38.1 Å². The molecule has 1 aliphatic rings. The number of H-pyrrole nitrogens is 1. The van der Waals surface area contributed by atoms with Gasteiger partial charge in [-0.05, 0) is 12.8 Å². The van der Waals surface area contributed by atoms with Gasteiger partial charge in [0.25, 0.3) is 5.56 Å². The number of rotatable bonds is 2. The van der Waals surface area contributed by atoms with Crippen LogP contribution in [0.15, 0.2) is 17.3 Å². The van der Waals surface area contributed by atoms with Crippen molar-refractivity contribution in [1.82, 2.24) is 25.0 Å². The monoisotopic (exact) mass is 294 g/mol. The van der Waals surface area contributed by atoms with Gasteiger partial charge in [-0.1, -0.05) is 11.6 Å². The van der Waals surface area contributed by atoms with Crippen molar-refractivity contribution in [3.63, 3.8) is 0 Å². The summed E-state index contributed by atoms with van der Waals surface area (Å²) in [6.07, 6.45) is 5.21. The fraction of sp³-hybridized carbons (Fsp3) is 0.500. The number of halogens is 1. The van der Waals surface area contributed by atoms with E-state index in [1.54, 1.807) is 13.2 Å². The van der Waals surface area contributed by atoms with Crippen LogP contribution in [0.25, 0.3) is 0 Å². The van der Waals surface area contributed by atoms with Crippen LogP contribution in [0.3, 0.4) is 0 Å². The third-order valence-electron chi connectivity index (χ3n) is 3.64. The van der Waals surface area contributed by atoms with Crippen LogP contribution in [0.4, 0.5) is 5.69 Å². The standard InChI is InChI=1S/C12H15ClN6O/c1-18-12(20)10(13)9(5-16-18)19-4-2-3-8(6-19)11-14-7-15-17-11/h5,7-8H,2-4,6H2,1H3,(H,14,15,17)/t8-/m1/s1. The summed E-state index contributed by atoms with van der Waals surface area (Å²) in [6.45, 7) is 1.61. The second-order valence-electron chi connectivity index (χ2n) is 4.93. The van der Waals surface area contributed by atoms with Crippen LogP contribution < -0.4 is 10.5 Å². The number of aromatic nitrogens is 5. The Labute approximate surface area is 120 Å². The van der Waals surface area contributed by atoms with Crippen LogP contribution in [0.2, 0.25) is 5.02 Å². The first-order valence-electron chi connectivity index (χ1n) is 6.49. The Morgan fingerprint density at radius 1 is 1.50 bits per heavy atom. The fourth-order valence-electron chi connectivity index (χ4n) is 2.55. The van der Waals surface area contributed by atoms with Crippen molar-refractivity contribution >= 4 is 17.3 Å². The molecule has 0 aromatic carbocycles. The first kappa shape index (κ1) is 13.1. The lowest BCUT2D eigenvalue weighted by Crippen LogP contribution is -2.36. The van der Waals surface area contributed by atoms with Crippen LogP contribution in [0.1, 0.15) is 24.6 Å². The zero-order chi connectivity index (χ0) is 14.1. The lowest BCUT2D eigenvalue weighted by Gasteiger charge is -2.33. The molecule has 1 atom stereocenters. The third-order valence-corrected chi connectivity index (χ3v) is 4.00. The van der Waals surface area contributed by atoms with Crippen LogP contribution in [0, 0.1) is 0 Å². The van der Waals surface area contributed by atoms with Crippen LogP contribution in [0.5, 0.6) is 0 Å². The van der Waals surface area contributed by atoms with Crippen molar-refractivity contribution in [2.75, 3.05) is 18.0 Å². The van der Waals surface area contributed by atoms with E-state index in [2.05, 4.69) is 25.2 Å². The maximum atomic E-state index is 11.9. The summed E-state index contributed by atoms with van der Waals surface area (Å²) in [5, 5.41) is 11.1. The summed E-state index contributed by atoms with van der Waals surface area (Å²) in [6, 6.07) is 0. The first-order valence-corrected chi connectivity index (χ1v) is 6.86. The van der Waals surface area contributed by atoms with Gasteiger partial charge < -0.3 is 4.90 Å². The minimum atomic E-state index is -0.272. The van der Waals surface area contributed by atoms with Gasteiger partial charge in [0, 0.05) is 26.1 Å². The van der Waals surface area contributed by atoms with Gasteiger partial charge in [0.2, 0.25) is 0 Å². The van der Waals surface area contributed by atoms with E-state index < -0.39 is 0 Å². The molecule has 3 rings (SSSR count). The van der Waals surface area contributed by atoms with Gasteiger partial charge in [0.15, 0.2) is 0 Å². The van der Waals surface area contributed by atoms with Crippen molar-refractivity contribution in [3.8, 4) is 0 Å². The SMILES string of the molecule is Cn1ncc(N2CCC[C@@H](c3ncn[nH]3)C2)c(Cl)c1=O. The highest BCUT2D eigenvalue weighted by atomic mass is 35.5. The minimum Gasteiger partial charge on any atom is -0.368 e. The molecule has 0 spiro atoms. The van der Waals surface area contributed by atoms with Crippen molar-refractivity contribution in [3.05, 3.63) is 33.7 Å². The Hall–Kier alpha value is -1.89. The van der Waals surface area contributed by atoms with E-state index in [1.165, 1.54) is 11.0 Å². The molecular weight excluding hydrogens is 280 g/mol. The quantitative estimate of drug-likeness (QED) is 0.891. The number of anilines is 1. The van der Waals surface area contributed by atoms with E-state index in [1.807, 2.05) is 0 Å². The maximum absolute atomic E-state index is 11.9. The second-order valence-corrected chi connectivity index (χ2v) is 5.31. The summed E-state index contributed by atoms with van der Waals surface area (Å²) >= 11 is 6.15. The van der Waals surface area contributed by atoms with E-state index in [4.69, 9.17) is 11.6 Å². The average Bonchev–Trinajstić information content (AvgIpc) is 2.99. The van der Waals surface area contributed by atoms with E-state index in [-0.39, 0.29) is 16.5 Å². The molecule has 1 N–H and O–H groups in total. The number of piperidine rings is 1. The summed E-state index contributed by atoms with van der Waals surface area (Å²) < 4.78 is 1.24. The normalized spacial score (nSPS) is 19.3. The number of hydrogen-bond acceptors (Lipinski definition) is 5. The van der Waals surface area contributed by atoms with Gasteiger partial charge in [0.05, 0.1) is 11.9 Å². The number of hydrogen-bond donors (Lipinski definition) is 1. The van der Waals surface area contributed by atoms with E-state index in [0.717, 1.165) is 31.8 Å². The molecular formula is C12H15ClN6O.